The number of nitrogens with zero attached hydrogens (tertiary/aromatic N) is 1. The molecule has 5 heteroatoms. The summed E-state index contributed by atoms with van der Waals surface area (Å²) in [5.74, 6) is 0.00274. The molecule has 20 heavy (non-hydrogen) atoms. The molecular weight excluding hydrogens is 254 g/mol. The lowest BCUT2D eigenvalue weighted by molar-refractivity contribution is -0.120. The van der Waals surface area contributed by atoms with Gasteiger partial charge in [0.15, 0.2) is 0 Å². The van der Waals surface area contributed by atoms with Gasteiger partial charge in [-0.2, -0.15) is 0 Å². The summed E-state index contributed by atoms with van der Waals surface area (Å²) < 4.78 is 0. The number of carbonyl (C=O) groups is 2. The third-order valence-electron chi connectivity index (χ3n) is 3.31. The average Bonchev–Trinajstić information content (AvgIpc) is 2.70. The van der Waals surface area contributed by atoms with Crippen molar-refractivity contribution in [3.63, 3.8) is 0 Å². The summed E-state index contributed by atoms with van der Waals surface area (Å²) in [4.78, 5) is 25.4. The van der Waals surface area contributed by atoms with Crippen LogP contribution >= 0.6 is 0 Å². The van der Waals surface area contributed by atoms with Gasteiger partial charge in [0.2, 0.25) is 5.91 Å². The van der Waals surface area contributed by atoms with Gasteiger partial charge in [-0.05, 0) is 30.7 Å². The molecule has 1 aromatic rings. The third-order valence-corrected chi connectivity index (χ3v) is 3.31. The second kappa shape index (κ2) is 6.93. The first kappa shape index (κ1) is 14.4. The van der Waals surface area contributed by atoms with Crippen molar-refractivity contribution in [2.24, 2.45) is 0 Å². The van der Waals surface area contributed by atoms with Crippen molar-refractivity contribution in [2.75, 3.05) is 31.5 Å². The van der Waals surface area contributed by atoms with Crippen molar-refractivity contribution in [2.45, 2.75) is 19.8 Å². The molecule has 2 amide bonds. The van der Waals surface area contributed by atoms with E-state index in [4.69, 9.17) is 0 Å². The largest absolute Gasteiger partial charge is 0.385 e. The number of nitrogens with one attached hydrogen (secondary N) is 2. The minimum Gasteiger partial charge on any atom is -0.385 e. The minimum atomic E-state index is -0.0106. The highest BCUT2D eigenvalue weighted by Crippen LogP contribution is 2.12. The quantitative estimate of drug-likeness (QED) is 0.874. The van der Waals surface area contributed by atoms with Gasteiger partial charge >= 0.3 is 0 Å². The van der Waals surface area contributed by atoms with Gasteiger partial charge in [0, 0.05) is 43.9 Å². The fourth-order valence-corrected chi connectivity index (χ4v) is 2.15. The van der Waals surface area contributed by atoms with Gasteiger partial charge in [0.05, 0.1) is 0 Å². The Kier molecular flexibility index (Phi) is 4.98. The van der Waals surface area contributed by atoms with Gasteiger partial charge in [0.25, 0.3) is 5.91 Å². The van der Waals surface area contributed by atoms with Crippen molar-refractivity contribution in [1.29, 1.82) is 0 Å². The highest BCUT2D eigenvalue weighted by Gasteiger charge is 2.19. The molecule has 2 rings (SSSR count). The molecule has 0 saturated carbocycles. The zero-order valence-corrected chi connectivity index (χ0v) is 11.8. The van der Waals surface area contributed by atoms with Crippen LogP contribution in [0.25, 0.3) is 0 Å². The Balaban J connectivity index is 1.99. The summed E-state index contributed by atoms with van der Waals surface area (Å²) in [7, 11) is 0. The van der Waals surface area contributed by atoms with E-state index in [1.165, 1.54) is 0 Å². The molecule has 1 fully saturated rings. The molecule has 0 radical (unpaired) electrons. The average molecular weight is 275 g/mol. The van der Waals surface area contributed by atoms with Crippen molar-refractivity contribution < 1.29 is 9.59 Å². The van der Waals surface area contributed by atoms with E-state index in [-0.39, 0.29) is 11.8 Å². The highest BCUT2D eigenvalue weighted by atomic mass is 16.2. The Hall–Kier alpha value is -2.04. The Morgan fingerprint density at radius 1 is 1.30 bits per heavy atom. The lowest BCUT2D eigenvalue weighted by Crippen LogP contribution is -2.34. The van der Waals surface area contributed by atoms with Crippen LogP contribution in [0.5, 0.6) is 0 Å². The summed E-state index contributed by atoms with van der Waals surface area (Å²) in [6.07, 6.45) is 1.44. The number of benzene rings is 1. The summed E-state index contributed by atoms with van der Waals surface area (Å²) in [5, 5.41) is 6.05. The van der Waals surface area contributed by atoms with Crippen LogP contribution in [0.2, 0.25) is 0 Å². The van der Waals surface area contributed by atoms with Crippen LogP contribution in [0.15, 0.2) is 24.3 Å². The number of carbonyl (C=O) groups excluding carboxylic acids is 2. The van der Waals surface area contributed by atoms with E-state index in [9.17, 15) is 9.59 Å². The molecule has 0 spiro atoms. The van der Waals surface area contributed by atoms with Gasteiger partial charge in [0.1, 0.15) is 0 Å². The number of rotatable bonds is 4. The van der Waals surface area contributed by atoms with Crippen LogP contribution in [0.3, 0.4) is 0 Å². The van der Waals surface area contributed by atoms with E-state index in [1.54, 1.807) is 4.90 Å². The molecule has 0 bridgehead atoms. The molecule has 1 saturated heterocycles. The molecule has 0 atom stereocenters. The number of anilines is 1. The maximum Gasteiger partial charge on any atom is 0.253 e. The second-order valence-corrected chi connectivity index (χ2v) is 4.90. The summed E-state index contributed by atoms with van der Waals surface area (Å²) >= 11 is 0. The van der Waals surface area contributed by atoms with Gasteiger partial charge in [-0.15, -0.1) is 0 Å². The van der Waals surface area contributed by atoms with Gasteiger partial charge in [-0.1, -0.05) is 6.92 Å². The smallest absolute Gasteiger partial charge is 0.253 e. The second-order valence-electron chi connectivity index (χ2n) is 4.90. The molecular formula is C15H21N3O2. The van der Waals surface area contributed by atoms with Crippen LogP contribution in [0.4, 0.5) is 5.69 Å². The third kappa shape index (κ3) is 3.73. The lowest BCUT2D eigenvalue weighted by atomic mass is 10.1. The van der Waals surface area contributed by atoms with E-state index < -0.39 is 0 Å². The molecule has 0 unspecified atom stereocenters. The Bertz CT molecular complexity index is 471. The Morgan fingerprint density at radius 2 is 2.05 bits per heavy atom. The number of hydrogen-bond donors (Lipinski definition) is 2. The van der Waals surface area contributed by atoms with Crippen molar-refractivity contribution >= 4 is 17.5 Å². The topological polar surface area (TPSA) is 61.4 Å². The van der Waals surface area contributed by atoms with Crippen LogP contribution in [0.1, 0.15) is 30.1 Å². The normalized spacial score (nSPS) is 15.4. The van der Waals surface area contributed by atoms with Crippen LogP contribution in [0, 0.1) is 0 Å². The van der Waals surface area contributed by atoms with E-state index >= 15 is 0 Å². The van der Waals surface area contributed by atoms with E-state index in [1.807, 2.05) is 24.3 Å². The number of amides is 2. The standard InChI is InChI=1S/C15H21N3O2/c1-2-8-16-13-5-3-12(4-6-13)15(20)18-10-7-14(19)17-9-11-18/h3-6,16H,2,7-11H2,1H3,(H,17,19). The van der Waals surface area contributed by atoms with Gasteiger partial charge in [-0.25, -0.2) is 0 Å². The lowest BCUT2D eigenvalue weighted by Gasteiger charge is -2.19. The zero-order valence-electron chi connectivity index (χ0n) is 11.8. The first-order valence-electron chi connectivity index (χ1n) is 7.10. The van der Waals surface area contributed by atoms with Crippen molar-refractivity contribution in [3.8, 4) is 0 Å². The SMILES string of the molecule is CCCNc1ccc(C(=O)N2CCNC(=O)CC2)cc1. The zero-order chi connectivity index (χ0) is 14.4. The Labute approximate surface area is 119 Å². The maximum absolute atomic E-state index is 12.4. The molecule has 1 heterocycles. The molecule has 108 valence electrons. The molecule has 5 nitrogen and oxygen atoms in total. The predicted octanol–water partition coefficient (Wildman–Crippen LogP) is 1.47. The molecule has 0 aliphatic carbocycles. The summed E-state index contributed by atoms with van der Waals surface area (Å²) in [6.45, 7) is 4.62. The highest BCUT2D eigenvalue weighted by molar-refractivity contribution is 5.95. The molecule has 2 N–H and O–H groups in total. The first-order valence-corrected chi connectivity index (χ1v) is 7.10. The van der Waals surface area contributed by atoms with E-state index in [0.29, 0.717) is 31.6 Å². The molecule has 1 aromatic carbocycles. The first-order chi connectivity index (χ1) is 9.70. The molecule has 1 aliphatic heterocycles. The van der Waals surface area contributed by atoms with E-state index in [0.717, 1.165) is 18.7 Å². The fourth-order valence-electron chi connectivity index (χ4n) is 2.15. The maximum atomic E-state index is 12.4. The fraction of sp³-hybridized carbons (Fsp3) is 0.467. The van der Waals surface area contributed by atoms with Crippen molar-refractivity contribution in [3.05, 3.63) is 29.8 Å². The summed E-state index contributed by atoms with van der Waals surface area (Å²) in [5.41, 5.74) is 1.69. The minimum absolute atomic E-state index is 0.0106. The van der Waals surface area contributed by atoms with E-state index in [2.05, 4.69) is 17.6 Å². The monoisotopic (exact) mass is 275 g/mol. The van der Waals surface area contributed by atoms with Gasteiger partial charge < -0.3 is 15.5 Å². The molecule has 0 aromatic heterocycles. The predicted molar refractivity (Wildman–Crippen MR) is 78.8 cm³/mol. The van der Waals surface area contributed by atoms with Crippen LogP contribution in [-0.4, -0.2) is 42.9 Å². The van der Waals surface area contributed by atoms with Gasteiger partial charge in [-0.3, -0.25) is 9.59 Å². The summed E-state index contributed by atoms with van der Waals surface area (Å²) in [6, 6.07) is 7.51. The van der Waals surface area contributed by atoms with Crippen LogP contribution in [-0.2, 0) is 4.79 Å². The Morgan fingerprint density at radius 3 is 2.75 bits per heavy atom. The number of hydrogen-bond acceptors (Lipinski definition) is 3. The van der Waals surface area contributed by atoms with Crippen LogP contribution < -0.4 is 10.6 Å². The van der Waals surface area contributed by atoms with Crippen molar-refractivity contribution in [1.82, 2.24) is 10.2 Å². The molecule has 1 aliphatic rings.